The van der Waals surface area contributed by atoms with Crippen LogP contribution in [0.1, 0.15) is 51.9 Å². The van der Waals surface area contributed by atoms with Crippen molar-refractivity contribution in [3.8, 4) is 0 Å². The monoisotopic (exact) mass is 422 g/mol. The second kappa shape index (κ2) is 7.96. The van der Waals surface area contributed by atoms with Gasteiger partial charge < -0.3 is 5.32 Å². The van der Waals surface area contributed by atoms with Crippen LogP contribution in [-0.2, 0) is 13.0 Å². The van der Waals surface area contributed by atoms with Gasteiger partial charge in [0, 0.05) is 19.5 Å². The first-order chi connectivity index (χ1) is 14.6. The SMILES string of the molecule is Cc1c(C(=O)NCC(c2ccccc2)N2CCCC2)sc2nc3n(c(=O)c12)CCC3. The number of rotatable bonds is 5. The zero-order valence-corrected chi connectivity index (χ0v) is 18.0. The van der Waals surface area contributed by atoms with Crippen molar-refractivity contribution in [2.75, 3.05) is 19.6 Å². The highest BCUT2D eigenvalue weighted by Crippen LogP contribution is 2.29. The third kappa shape index (κ3) is 3.36. The summed E-state index contributed by atoms with van der Waals surface area (Å²) in [6.07, 6.45) is 4.20. The van der Waals surface area contributed by atoms with Crippen molar-refractivity contribution in [2.24, 2.45) is 0 Å². The molecule has 2 aliphatic rings. The van der Waals surface area contributed by atoms with Crippen LogP contribution >= 0.6 is 11.3 Å². The van der Waals surface area contributed by atoms with Crippen LogP contribution in [0.2, 0.25) is 0 Å². The van der Waals surface area contributed by atoms with Crippen molar-refractivity contribution >= 4 is 27.5 Å². The van der Waals surface area contributed by atoms with Gasteiger partial charge in [0.15, 0.2) is 0 Å². The van der Waals surface area contributed by atoms with Gasteiger partial charge in [-0.15, -0.1) is 11.3 Å². The molecule has 0 bridgehead atoms. The number of nitrogens with one attached hydrogen (secondary N) is 1. The molecule has 0 radical (unpaired) electrons. The second-order valence-electron chi connectivity index (χ2n) is 8.20. The summed E-state index contributed by atoms with van der Waals surface area (Å²) < 4.78 is 1.77. The number of thiophene rings is 1. The third-order valence-corrected chi connectivity index (χ3v) is 7.52. The molecule has 4 heterocycles. The lowest BCUT2D eigenvalue weighted by Crippen LogP contribution is -2.36. The lowest BCUT2D eigenvalue weighted by atomic mass is 10.1. The number of aromatic nitrogens is 2. The summed E-state index contributed by atoms with van der Waals surface area (Å²) in [6, 6.07) is 10.5. The summed E-state index contributed by atoms with van der Waals surface area (Å²) in [5, 5.41) is 3.75. The molecule has 1 N–H and O–H groups in total. The maximum atomic E-state index is 13.1. The van der Waals surface area contributed by atoms with E-state index < -0.39 is 0 Å². The molecule has 5 rings (SSSR count). The number of fused-ring (bicyclic) bond motifs is 2. The molecule has 6 nitrogen and oxygen atoms in total. The molecule has 0 aliphatic carbocycles. The highest BCUT2D eigenvalue weighted by Gasteiger charge is 2.26. The number of amides is 1. The van der Waals surface area contributed by atoms with E-state index in [4.69, 9.17) is 0 Å². The van der Waals surface area contributed by atoms with Gasteiger partial charge in [-0.1, -0.05) is 30.3 Å². The molecule has 2 aliphatic heterocycles. The van der Waals surface area contributed by atoms with E-state index in [1.54, 1.807) is 4.57 Å². The number of hydrogen-bond acceptors (Lipinski definition) is 5. The molecule has 1 amide bonds. The molecule has 1 fully saturated rings. The number of carbonyl (C=O) groups excluding carboxylic acids is 1. The quantitative estimate of drug-likeness (QED) is 0.685. The van der Waals surface area contributed by atoms with Crippen LogP contribution in [0.15, 0.2) is 35.1 Å². The van der Waals surface area contributed by atoms with Gasteiger partial charge in [0.1, 0.15) is 10.7 Å². The number of benzene rings is 1. The minimum atomic E-state index is -0.111. The minimum Gasteiger partial charge on any atom is -0.349 e. The fourth-order valence-corrected chi connectivity index (χ4v) is 5.85. The molecule has 30 heavy (non-hydrogen) atoms. The predicted octanol–water partition coefficient (Wildman–Crippen LogP) is 3.28. The van der Waals surface area contributed by atoms with Crippen molar-refractivity contribution in [1.29, 1.82) is 0 Å². The Labute approximate surface area is 179 Å². The van der Waals surface area contributed by atoms with Gasteiger partial charge in [0.05, 0.1) is 16.3 Å². The van der Waals surface area contributed by atoms with Crippen molar-refractivity contribution < 1.29 is 4.79 Å². The third-order valence-electron chi connectivity index (χ3n) is 6.34. The molecule has 3 aromatic rings. The van der Waals surface area contributed by atoms with Crippen molar-refractivity contribution in [3.05, 3.63) is 62.5 Å². The van der Waals surface area contributed by atoms with Crippen LogP contribution in [0.3, 0.4) is 0 Å². The molecular weight excluding hydrogens is 396 g/mol. The summed E-state index contributed by atoms with van der Waals surface area (Å²) in [4.78, 5) is 34.4. The average Bonchev–Trinajstić information content (AvgIpc) is 3.50. The van der Waals surface area contributed by atoms with E-state index in [0.717, 1.165) is 43.9 Å². The van der Waals surface area contributed by atoms with E-state index in [2.05, 4.69) is 39.5 Å². The largest absolute Gasteiger partial charge is 0.349 e. The van der Waals surface area contributed by atoms with Crippen molar-refractivity contribution in [1.82, 2.24) is 19.8 Å². The molecule has 0 spiro atoms. The Hall–Kier alpha value is -2.51. The Morgan fingerprint density at radius 1 is 1.17 bits per heavy atom. The van der Waals surface area contributed by atoms with Gasteiger partial charge >= 0.3 is 0 Å². The first kappa shape index (κ1) is 19.5. The Morgan fingerprint density at radius 2 is 1.93 bits per heavy atom. The summed E-state index contributed by atoms with van der Waals surface area (Å²) in [5.41, 5.74) is 1.98. The standard InChI is InChI=1S/C23H26N4O2S/c1-15-19-22(25-18-10-7-13-27(18)23(19)29)30-20(15)21(28)24-14-17(26-11-5-6-12-26)16-8-3-2-4-9-16/h2-4,8-9,17H,5-7,10-14H2,1H3,(H,24,28). The Bertz CT molecular complexity index is 1150. The van der Waals surface area contributed by atoms with Gasteiger partial charge in [0.25, 0.3) is 11.5 Å². The molecule has 1 atom stereocenters. The van der Waals surface area contributed by atoms with Crippen molar-refractivity contribution in [3.63, 3.8) is 0 Å². The van der Waals surface area contributed by atoms with E-state index in [1.165, 1.54) is 29.7 Å². The number of hydrogen-bond donors (Lipinski definition) is 1. The number of aryl methyl sites for hydroxylation is 2. The van der Waals surface area contributed by atoms with Gasteiger partial charge in [-0.2, -0.15) is 0 Å². The van der Waals surface area contributed by atoms with Crippen LogP contribution in [0, 0.1) is 6.92 Å². The van der Waals surface area contributed by atoms with E-state index in [9.17, 15) is 9.59 Å². The Morgan fingerprint density at radius 3 is 2.70 bits per heavy atom. The van der Waals surface area contributed by atoms with Crippen LogP contribution in [0.5, 0.6) is 0 Å². The van der Waals surface area contributed by atoms with Crippen molar-refractivity contribution in [2.45, 2.75) is 45.2 Å². The van der Waals surface area contributed by atoms with E-state index in [1.807, 2.05) is 13.0 Å². The van der Waals surface area contributed by atoms with Gasteiger partial charge in [-0.05, 0) is 50.4 Å². The molecule has 1 saturated heterocycles. The average molecular weight is 423 g/mol. The Balaban J connectivity index is 1.41. The highest BCUT2D eigenvalue weighted by molar-refractivity contribution is 7.20. The first-order valence-corrected chi connectivity index (χ1v) is 11.5. The molecule has 7 heteroatoms. The zero-order valence-electron chi connectivity index (χ0n) is 17.2. The fraction of sp³-hybridized carbons (Fsp3) is 0.435. The molecule has 2 aromatic heterocycles. The second-order valence-corrected chi connectivity index (χ2v) is 9.20. The minimum absolute atomic E-state index is 0.000436. The van der Waals surface area contributed by atoms with Crippen LogP contribution in [0.25, 0.3) is 10.2 Å². The summed E-state index contributed by atoms with van der Waals surface area (Å²) in [7, 11) is 0. The van der Waals surface area contributed by atoms with E-state index in [0.29, 0.717) is 21.6 Å². The van der Waals surface area contributed by atoms with Gasteiger partial charge in [-0.3, -0.25) is 19.1 Å². The predicted molar refractivity (Wildman–Crippen MR) is 119 cm³/mol. The lowest BCUT2D eigenvalue weighted by Gasteiger charge is -2.28. The molecule has 0 saturated carbocycles. The fourth-order valence-electron chi connectivity index (χ4n) is 4.75. The number of nitrogens with zero attached hydrogens (tertiary/aromatic N) is 3. The van der Waals surface area contributed by atoms with E-state index in [-0.39, 0.29) is 17.5 Å². The first-order valence-electron chi connectivity index (χ1n) is 10.7. The lowest BCUT2D eigenvalue weighted by molar-refractivity contribution is 0.0941. The van der Waals surface area contributed by atoms with Gasteiger partial charge in [-0.25, -0.2) is 4.98 Å². The molecule has 1 aromatic carbocycles. The van der Waals surface area contributed by atoms with E-state index >= 15 is 0 Å². The zero-order chi connectivity index (χ0) is 20.7. The van der Waals surface area contributed by atoms with Crippen LogP contribution < -0.4 is 10.9 Å². The number of likely N-dealkylation sites (tertiary alicyclic amines) is 1. The number of carbonyl (C=O) groups is 1. The molecule has 156 valence electrons. The molecule has 1 unspecified atom stereocenters. The van der Waals surface area contributed by atoms with Crippen LogP contribution in [-0.4, -0.2) is 40.0 Å². The maximum Gasteiger partial charge on any atom is 0.262 e. The molecular formula is C23H26N4O2S. The summed E-state index contributed by atoms with van der Waals surface area (Å²) in [5.74, 6) is 0.735. The summed E-state index contributed by atoms with van der Waals surface area (Å²) >= 11 is 1.34. The topological polar surface area (TPSA) is 67.2 Å². The van der Waals surface area contributed by atoms with Crippen LogP contribution in [0.4, 0.5) is 0 Å². The normalized spacial score (nSPS) is 17.4. The maximum absolute atomic E-state index is 13.1. The smallest absolute Gasteiger partial charge is 0.262 e. The highest BCUT2D eigenvalue weighted by atomic mass is 32.1. The van der Waals surface area contributed by atoms with Gasteiger partial charge in [0.2, 0.25) is 0 Å². The summed E-state index contributed by atoms with van der Waals surface area (Å²) in [6.45, 7) is 5.27. The Kier molecular flexibility index (Phi) is 5.16.